The normalized spacial score (nSPS) is 16.4. The number of nitrogens with zero attached hydrogens (tertiary/aromatic N) is 2. The summed E-state index contributed by atoms with van der Waals surface area (Å²) >= 11 is 0. The van der Waals surface area contributed by atoms with Crippen molar-refractivity contribution in [2.75, 3.05) is 39.3 Å². The van der Waals surface area contributed by atoms with E-state index in [0.717, 1.165) is 18.7 Å². The molecule has 1 aromatic rings. The molecule has 5 heteroatoms. The van der Waals surface area contributed by atoms with Gasteiger partial charge < -0.3 is 15.3 Å². The number of hydrogen-bond acceptors (Lipinski definition) is 3. The van der Waals surface area contributed by atoms with Crippen LogP contribution < -0.4 is 5.32 Å². The smallest absolute Gasteiger partial charge is 0.321 e. The van der Waals surface area contributed by atoms with Crippen molar-refractivity contribution in [1.29, 1.82) is 0 Å². The van der Waals surface area contributed by atoms with Crippen LogP contribution in [0.5, 0.6) is 0 Å². The van der Waals surface area contributed by atoms with Crippen molar-refractivity contribution >= 4 is 12.1 Å². The molecule has 0 spiro atoms. The summed E-state index contributed by atoms with van der Waals surface area (Å²) in [6, 6.07) is 8.06. The van der Waals surface area contributed by atoms with E-state index in [0.29, 0.717) is 19.6 Å². The summed E-state index contributed by atoms with van der Waals surface area (Å²) in [6.07, 6.45) is 3.58. The number of urea groups is 1. The van der Waals surface area contributed by atoms with Gasteiger partial charge in [-0.3, -0.25) is 4.90 Å². The summed E-state index contributed by atoms with van der Waals surface area (Å²) in [6.45, 7) is 5.93. The Bertz CT molecular complexity index is 477. The lowest BCUT2D eigenvalue weighted by Crippen LogP contribution is -2.51. The molecule has 21 heavy (non-hydrogen) atoms. The van der Waals surface area contributed by atoms with Crippen molar-refractivity contribution in [2.45, 2.75) is 6.92 Å². The lowest BCUT2D eigenvalue weighted by molar-refractivity contribution is 0.123. The molecule has 1 fully saturated rings. The first kappa shape index (κ1) is 15.5. The summed E-state index contributed by atoms with van der Waals surface area (Å²) in [4.78, 5) is 16.0. The fourth-order valence-corrected chi connectivity index (χ4v) is 2.29. The molecule has 0 atom stereocenters. The van der Waals surface area contributed by atoms with Gasteiger partial charge in [0.25, 0.3) is 0 Å². The lowest BCUT2D eigenvalue weighted by atomic mass is 10.1. The van der Waals surface area contributed by atoms with Gasteiger partial charge in [0, 0.05) is 38.9 Å². The molecule has 0 unspecified atom stereocenters. The number of nitrogens with one attached hydrogen (secondary N) is 1. The highest BCUT2D eigenvalue weighted by atomic mass is 16.3. The van der Waals surface area contributed by atoms with Crippen LogP contribution in [0.1, 0.15) is 11.1 Å². The summed E-state index contributed by atoms with van der Waals surface area (Å²) < 4.78 is 0. The van der Waals surface area contributed by atoms with Crippen LogP contribution >= 0.6 is 0 Å². The fourth-order valence-electron chi connectivity index (χ4n) is 2.29. The molecule has 1 heterocycles. The van der Waals surface area contributed by atoms with E-state index in [4.69, 9.17) is 5.11 Å². The second-order valence-corrected chi connectivity index (χ2v) is 5.25. The Kier molecular flexibility index (Phi) is 5.78. The first-order valence-electron chi connectivity index (χ1n) is 7.31. The molecular formula is C16H23N3O2. The Morgan fingerprint density at radius 3 is 2.52 bits per heavy atom. The number of benzene rings is 1. The Hall–Kier alpha value is -1.85. The number of β-amino-alcohol motifs (C(OH)–C–C–N with tert-alkyl or cyclic N) is 1. The monoisotopic (exact) mass is 289 g/mol. The molecule has 0 radical (unpaired) electrons. The van der Waals surface area contributed by atoms with Gasteiger partial charge in [0.2, 0.25) is 0 Å². The van der Waals surface area contributed by atoms with E-state index in [-0.39, 0.29) is 12.6 Å². The van der Waals surface area contributed by atoms with Crippen LogP contribution in [0.4, 0.5) is 4.79 Å². The molecule has 114 valence electrons. The second kappa shape index (κ2) is 7.81. The van der Waals surface area contributed by atoms with Crippen molar-refractivity contribution in [1.82, 2.24) is 15.1 Å². The quantitative estimate of drug-likeness (QED) is 0.878. The summed E-state index contributed by atoms with van der Waals surface area (Å²) in [5, 5.41) is 11.7. The number of aliphatic hydroxyl groups excluding tert-OH is 1. The van der Waals surface area contributed by atoms with Crippen LogP contribution in [-0.4, -0.2) is 60.3 Å². The third kappa shape index (κ3) is 4.88. The zero-order valence-corrected chi connectivity index (χ0v) is 12.5. The van der Waals surface area contributed by atoms with Gasteiger partial charge in [0.05, 0.1) is 6.61 Å². The third-order valence-electron chi connectivity index (χ3n) is 3.64. The van der Waals surface area contributed by atoms with Crippen LogP contribution in [0.25, 0.3) is 6.08 Å². The van der Waals surface area contributed by atoms with E-state index in [2.05, 4.69) is 10.2 Å². The van der Waals surface area contributed by atoms with E-state index < -0.39 is 0 Å². The number of amides is 2. The first-order valence-corrected chi connectivity index (χ1v) is 7.31. The van der Waals surface area contributed by atoms with Gasteiger partial charge in [-0.25, -0.2) is 4.79 Å². The second-order valence-electron chi connectivity index (χ2n) is 5.25. The van der Waals surface area contributed by atoms with Gasteiger partial charge >= 0.3 is 6.03 Å². The van der Waals surface area contributed by atoms with Gasteiger partial charge in [-0.15, -0.1) is 0 Å². The zero-order valence-electron chi connectivity index (χ0n) is 12.5. The molecule has 0 aliphatic carbocycles. The van der Waals surface area contributed by atoms with E-state index in [1.807, 2.05) is 37.3 Å². The largest absolute Gasteiger partial charge is 0.395 e. The topological polar surface area (TPSA) is 55.8 Å². The fraction of sp³-hybridized carbons (Fsp3) is 0.438. The minimum Gasteiger partial charge on any atom is -0.395 e. The molecule has 2 amide bonds. The van der Waals surface area contributed by atoms with Crippen LogP contribution in [0.15, 0.2) is 30.5 Å². The molecule has 2 N–H and O–H groups in total. The predicted molar refractivity (Wildman–Crippen MR) is 83.8 cm³/mol. The molecule has 1 aliphatic heterocycles. The van der Waals surface area contributed by atoms with Crippen LogP contribution in [0.3, 0.4) is 0 Å². The number of carbonyl (C=O) groups is 1. The van der Waals surface area contributed by atoms with Crippen molar-refractivity contribution in [2.24, 2.45) is 0 Å². The molecule has 0 saturated carbocycles. The number of carbonyl (C=O) groups excluding carboxylic acids is 1. The number of hydrogen-bond donors (Lipinski definition) is 2. The first-order chi connectivity index (χ1) is 10.2. The molecule has 0 aromatic heterocycles. The van der Waals surface area contributed by atoms with Gasteiger partial charge in [0.1, 0.15) is 0 Å². The van der Waals surface area contributed by atoms with Crippen molar-refractivity contribution in [3.63, 3.8) is 0 Å². The standard InChI is InChI=1S/C16H23N3O2/c1-14-2-4-15(5-3-14)6-7-17-16(21)19-10-8-18(9-11-19)12-13-20/h2-7,20H,8-13H2,1H3,(H,17,21)/b7-6+. The molecule has 0 bridgehead atoms. The van der Waals surface area contributed by atoms with Crippen molar-refractivity contribution in [3.05, 3.63) is 41.6 Å². The molecule has 1 aromatic carbocycles. The third-order valence-corrected chi connectivity index (χ3v) is 3.64. The number of piperazine rings is 1. The number of aliphatic hydroxyl groups is 1. The molecule has 5 nitrogen and oxygen atoms in total. The lowest BCUT2D eigenvalue weighted by Gasteiger charge is -2.33. The molecule has 1 aliphatic rings. The minimum atomic E-state index is -0.0676. The maximum Gasteiger partial charge on any atom is 0.321 e. The number of aryl methyl sites for hydroxylation is 1. The van der Waals surface area contributed by atoms with E-state index in [1.165, 1.54) is 5.56 Å². The van der Waals surface area contributed by atoms with Gasteiger partial charge in [0.15, 0.2) is 0 Å². The highest BCUT2D eigenvalue weighted by Crippen LogP contribution is 2.05. The van der Waals surface area contributed by atoms with E-state index in [1.54, 1.807) is 11.1 Å². The van der Waals surface area contributed by atoms with Gasteiger partial charge in [-0.2, -0.15) is 0 Å². The Morgan fingerprint density at radius 1 is 1.24 bits per heavy atom. The Balaban J connectivity index is 1.76. The minimum absolute atomic E-state index is 0.0676. The summed E-state index contributed by atoms with van der Waals surface area (Å²) in [7, 11) is 0. The van der Waals surface area contributed by atoms with E-state index in [9.17, 15) is 4.79 Å². The van der Waals surface area contributed by atoms with Crippen LogP contribution in [0, 0.1) is 6.92 Å². The maximum atomic E-state index is 12.0. The van der Waals surface area contributed by atoms with Gasteiger partial charge in [-0.05, 0) is 18.6 Å². The molecular weight excluding hydrogens is 266 g/mol. The average Bonchev–Trinajstić information content (AvgIpc) is 2.50. The Labute approximate surface area is 125 Å². The summed E-state index contributed by atoms with van der Waals surface area (Å²) in [5.41, 5.74) is 2.28. The van der Waals surface area contributed by atoms with Crippen molar-refractivity contribution in [3.8, 4) is 0 Å². The highest BCUT2D eigenvalue weighted by Gasteiger charge is 2.19. The molecule has 1 saturated heterocycles. The van der Waals surface area contributed by atoms with Crippen LogP contribution in [-0.2, 0) is 0 Å². The highest BCUT2D eigenvalue weighted by molar-refractivity contribution is 5.76. The predicted octanol–water partition coefficient (Wildman–Crippen LogP) is 1.29. The van der Waals surface area contributed by atoms with Crippen molar-refractivity contribution < 1.29 is 9.90 Å². The van der Waals surface area contributed by atoms with Gasteiger partial charge in [-0.1, -0.05) is 29.8 Å². The molecule has 2 rings (SSSR count). The van der Waals surface area contributed by atoms with Crippen LogP contribution in [0.2, 0.25) is 0 Å². The maximum absolute atomic E-state index is 12.0. The zero-order chi connectivity index (χ0) is 15.1. The average molecular weight is 289 g/mol. The van der Waals surface area contributed by atoms with E-state index >= 15 is 0 Å². The SMILES string of the molecule is Cc1ccc(/C=C/NC(=O)N2CCN(CCO)CC2)cc1. The number of rotatable bonds is 4. The summed E-state index contributed by atoms with van der Waals surface area (Å²) in [5.74, 6) is 0. The Morgan fingerprint density at radius 2 is 1.90 bits per heavy atom.